The summed E-state index contributed by atoms with van der Waals surface area (Å²) in [6.07, 6.45) is 4.40. The van der Waals surface area contributed by atoms with Gasteiger partial charge < -0.3 is 15.1 Å². The maximum absolute atomic E-state index is 11.5. The number of aliphatic imine (C=N–C) groups is 1. The third-order valence-electron chi connectivity index (χ3n) is 3.17. The lowest BCUT2D eigenvalue weighted by Crippen LogP contribution is -2.40. The van der Waals surface area contributed by atoms with Gasteiger partial charge in [-0.05, 0) is 18.6 Å². The summed E-state index contributed by atoms with van der Waals surface area (Å²) in [7, 11) is -1.41. The van der Waals surface area contributed by atoms with E-state index in [1.54, 1.807) is 13.3 Å². The van der Waals surface area contributed by atoms with Gasteiger partial charge >= 0.3 is 0 Å². The molecule has 2 N–H and O–H groups in total. The Morgan fingerprint density at radius 1 is 1.36 bits per heavy atom. The fourth-order valence-electron chi connectivity index (χ4n) is 2.00. The van der Waals surface area contributed by atoms with Crippen LogP contribution in [0.3, 0.4) is 0 Å². The first-order chi connectivity index (χ1) is 10.5. The molecule has 0 aromatic carbocycles. The second-order valence-electron chi connectivity index (χ2n) is 4.86. The zero-order chi connectivity index (χ0) is 16.4. The normalized spacial score (nSPS) is 12.6. The minimum Gasteiger partial charge on any atom is -0.469 e. The smallest absolute Gasteiger partial charge is 0.211 e. The van der Waals surface area contributed by atoms with E-state index in [1.165, 1.54) is 10.6 Å². The van der Waals surface area contributed by atoms with Crippen LogP contribution in [0.1, 0.15) is 19.1 Å². The molecule has 1 heterocycles. The number of hydrogen-bond acceptors (Lipinski definition) is 4. The molecule has 1 aromatic heterocycles. The average Bonchev–Trinajstić information content (AvgIpc) is 2.97. The number of hydrogen-bond donors (Lipinski definition) is 2. The molecule has 0 aliphatic heterocycles. The van der Waals surface area contributed by atoms with Crippen LogP contribution in [0.25, 0.3) is 0 Å². The van der Waals surface area contributed by atoms with E-state index in [0.29, 0.717) is 25.6 Å². The quantitative estimate of drug-likeness (QED) is 0.394. The van der Waals surface area contributed by atoms with Crippen molar-refractivity contribution in [3.63, 3.8) is 0 Å². The summed E-state index contributed by atoms with van der Waals surface area (Å²) in [6.45, 7) is 4.22. The lowest BCUT2D eigenvalue weighted by molar-refractivity contribution is 0.424. The highest BCUT2D eigenvalue weighted by Gasteiger charge is 2.13. The van der Waals surface area contributed by atoms with E-state index in [4.69, 9.17) is 4.42 Å². The molecule has 0 unspecified atom stereocenters. The Hall–Kier alpha value is -1.54. The Labute approximate surface area is 132 Å². The molecule has 1 rings (SSSR count). The molecule has 0 amide bonds. The maximum atomic E-state index is 11.5. The molecule has 0 radical (unpaired) electrons. The molecule has 8 heteroatoms. The summed E-state index contributed by atoms with van der Waals surface area (Å²) < 4.78 is 29.6. The molecule has 0 saturated heterocycles. The maximum Gasteiger partial charge on any atom is 0.211 e. The van der Waals surface area contributed by atoms with E-state index in [-0.39, 0.29) is 0 Å². The Morgan fingerprint density at radius 2 is 2.09 bits per heavy atom. The van der Waals surface area contributed by atoms with Crippen LogP contribution < -0.4 is 10.6 Å². The SMILES string of the molecule is CCN(CCCNC(=NC)NCCc1ccco1)S(C)(=O)=O. The molecule has 0 saturated carbocycles. The molecule has 0 bridgehead atoms. The van der Waals surface area contributed by atoms with Crippen LogP contribution in [-0.4, -0.2) is 58.2 Å². The van der Waals surface area contributed by atoms with Crippen LogP contribution in [-0.2, 0) is 16.4 Å². The Kier molecular flexibility index (Phi) is 7.97. The van der Waals surface area contributed by atoms with E-state index in [9.17, 15) is 8.42 Å². The molecular formula is C14H26N4O3S. The van der Waals surface area contributed by atoms with Gasteiger partial charge in [0.2, 0.25) is 10.0 Å². The Bertz CT molecular complexity index is 540. The number of nitrogens with one attached hydrogen (secondary N) is 2. The minimum absolute atomic E-state index is 0.495. The van der Waals surface area contributed by atoms with Crippen molar-refractivity contribution < 1.29 is 12.8 Å². The predicted octanol–water partition coefficient (Wildman–Crippen LogP) is 0.659. The van der Waals surface area contributed by atoms with Gasteiger partial charge in [0.15, 0.2) is 5.96 Å². The predicted molar refractivity (Wildman–Crippen MR) is 88.5 cm³/mol. The number of guanidine groups is 1. The van der Waals surface area contributed by atoms with Gasteiger partial charge in [-0.25, -0.2) is 12.7 Å². The summed E-state index contributed by atoms with van der Waals surface area (Å²) in [4.78, 5) is 4.12. The molecule has 7 nitrogen and oxygen atoms in total. The molecular weight excluding hydrogens is 304 g/mol. The molecule has 22 heavy (non-hydrogen) atoms. The van der Waals surface area contributed by atoms with Gasteiger partial charge in [-0.3, -0.25) is 4.99 Å². The molecule has 0 atom stereocenters. The number of furan rings is 1. The highest BCUT2D eigenvalue weighted by Crippen LogP contribution is 1.99. The summed E-state index contributed by atoms with van der Waals surface area (Å²) in [5.74, 6) is 1.63. The fraction of sp³-hybridized carbons (Fsp3) is 0.643. The summed E-state index contributed by atoms with van der Waals surface area (Å²) >= 11 is 0. The Balaban J connectivity index is 2.21. The van der Waals surface area contributed by atoms with Crippen molar-refractivity contribution in [1.29, 1.82) is 0 Å². The van der Waals surface area contributed by atoms with Crippen LogP contribution in [0.2, 0.25) is 0 Å². The summed E-state index contributed by atoms with van der Waals surface area (Å²) in [5.41, 5.74) is 0. The second kappa shape index (κ2) is 9.47. The van der Waals surface area contributed by atoms with Crippen molar-refractivity contribution in [1.82, 2.24) is 14.9 Å². The Morgan fingerprint density at radius 3 is 2.64 bits per heavy atom. The van der Waals surface area contributed by atoms with Gasteiger partial charge in [0.1, 0.15) is 5.76 Å². The molecule has 0 aliphatic carbocycles. The molecule has 126 valence electrons. The van der Waals surface area contributed by atoms with Gasteiger partial charge in [-0.2, -0.15) is 0 Å². The van der Waals surface area contributed by atoms with Crippen molar-refractivity contribution in [2.45, 2.75) is 19.8 Å². The van der Waals surface area contributed by atoms with Crippen molar-refractivity contribution >= 4 is 16.0 Å². The molecule has 0 fully saturated rings. The van der Waals surface area contributed by atoms with Crippen molar-refractivity contribution in [2.24, 2.45) is 4.99 Å². The highest BCUT2D eigenvalue weighted by atomic mass is 32.2. The zero-order valence-corrected chi connectivity index (χ0v) is 14.3. The lowest BCUT2D eigenvalue weighted by atomic mass is 10.3. The largest absolute Gasteiger partial charge is 0.469 e. The monoisotopic (exact) mass is 330 g/mol. The molecule has 0 spiro atoms. The standard InChI is InChI=1S/C14H26N4O3S/c1-4-18(22(3,19)20)11-6-9-16-14(15-2)17-10-8-13-7-5-12-21-13/h5,7,12H,4,6,8-11H2,1-3H3,(H2,15,16,17). The first-order valence-corrected chi connectivity index (χ1v) is 9.24. The minimum atomic E-state index is -3.11. The van der Waals surface area contributed by atoms with E-state index >= 15 is 0 Å². The number of nitrogens with zero attached hydrogens (tertiary/aromatic N) is 2. The average molecular weight is 330 g/mol. The third-order valence-corrected chi connectivity index (χ3v) is 4.54. The van der Waals surface area contributed by atoms with E-state index in [2.05, 4.69) is 15.6 Å². The second-order valence-corrected chi connectivity index (χ2v) is 6.85. The van der Waals surface area contributed by atoms with Gasteiger partial charge in [0.25, 0.3) is 0 Å². The lowest BCUT2D eigenvalue weighted by Gasteiger charge is -2.18. The van der Waals surface area contributed by atoms with Crippen LogP contribution in [0.5, 0.6) is 0 Å². The van der Waals surface area contributed by atoms with Crippen LogP contribution in [0, 0.1) is 0 Å². The van der Waals surface area contributed by atoms with E-state index in [1.807, 2.05) is 19.1 Å². The van der Waals surface area contributed by atoms with Gasteiger partial charge in [-0.1, -0.05) is 6.92 Å². The van der Waals surface area contributed by atoms with E-state index in [0.717, 1.165) is 25.1 Å². The van der Waals surface area contributed by atoms with Crippen LogP contribution >= 0.6 is 0 Å². The first kappa shape index (κ1) is 18.5. The highest BCUT2D eigenvalue weighted by molar-refractivity contribution is 7.88. The van der Waals surface area contributed by atoms with E-state index < -0.39 is 10.0 Å². The van der Waals surface area contributed by atoms with Crippen LogP contribution in [0.4, 0.5) is 0 Å². The van der Waals surface area contributed by atoms with Crippen LogP contribution in [0.15, 0.2) is 27.8 Å². The molecule has 1 aromatic rings. The number of rotatable bonds is 9. The van der Waals surface area contributed by atoms with Crippen molar-refractivity contribution in [3.05, 3.63) is 24.2 Å². The number of sulfonamides is 1. The first-order valence-electron chi connectivity index (χ1n) is 7.39. The van der Waals surface area contributed by atoms with Gasteiger partial charge in [0.05, 0.1) is 12.5 Å². The third kappa shape index (κ3) is 6.95. The van der Waals surface area contributed by atoms with Gasteiger partial charge in [-0.15, -0.1) is 0 Å². The summed E-state index contributed by atoms with van der Waals surface area (Å²) in [6, 6.07) is 3.80. The van der Waals surface area contributed by atoms with Crippen molar-refractivity contribution in [3.8, 4) is 0 Å². The topological polar surface area (TPSA) is 86.9 Å². The van der Waals surface area contributed by atoms with Crippen molar-refractivity contribution in [2.75, 3.05) is 39.5 Å². The summed E-state index contributed by atoms with van der Waals surface area (Å²) in [5, 5.41) is 6.35. The molecule has 0 aliphatic rings. The zero-order valence-electron chi connectivity index (χ0n) is 13.5. The van der Waals surface area contributed by atoms with Gasteiger partial charge in [0, 0.05) is 39.6 Å². The fourth-order valence-corrected chi connectivity index (χ4v) is 2.93.